The third-order valence-corrected chi connectivity index (χ3v) is 6.67. The Balaban J connectivity index is 0.000000383. The molecular weight excluding hydrogens is 488 g/mol. The number of methoxy groups -OCH3 is 1. The summed E-state index contributed by atoms with van der Waals surface area (Å²) in [5, 5.41) is 2.51. The van der Waals surface area contributed by atoms with Gasteiger partial charge in [-0.05, 0) is 69.5 Å². The van der Waals surface area contributed by atoms with Crippen LogP contribution in [0.15, 0.2) is 42.5 Å². The Labute approximate surface area is 237 Å². The van der Waals surface area contributed by atoms with E-state index in [1.165, 1.54) is 50.9 Å². The molecule has 2 aliphatic rings. The fraction of sp³-hybridized carbons (Fsp3) is 0.531. The van der Waals surface area contributed by atoms with Crippen LogP contribution < -0.4 is 25.4 Å². The number of hydrogen-bond acceptors (Lipinski definition) is 5. The molecule has 216 valence electrons. The van der Waals surface area contributed by atoms with Crippen LogP contribution in [0, 0.1) is 19.8 Å². The van der Waals surface area contributed by atoms with E-state index in [9.17, 15) is 4.79 Å². The van der Waals surface area contributed by atoms with Gasteiger partial charge in [0.05, 0.1) is 18.9 Å². The zero-order valence-corrected chi connectivity index (χ0v) is 24.9. The molecule has 39 heavy (non-hydrogen) atoms. The number of benzene rings is 2. The Morgan fingerprint density at radius 3 is 2.15 bits per heavy atom. The Morgan fingerprint density at radius 2 is 1.62 bits per heavy atom. The molecule has 2 amide bonds. The number of carbonyl (C=O) groups is 1. The predicted molar refractivity (Wildman–Crippen MR) is 165 cm³/mol. The van der Waals surface area contributed by atoms with Gasteiger partial charge in [-0.25, -0.2) is 4.79 Å². The predicted octanol–water partition coefficient (Wildman–Crippen LogP) is 6.70. The largest absolute Gasteiger partial charge is 0.497 e. The molecule has 7 nitrogen and oxygen atoms in total. The number of piperazine rings is 1. The lowest BCUT2D eigenvalue weighted by molar-refractivity contribution is 0.147. The number of aryl methyl sites for hydroxylation is 1. The molecule has 4 rings (SSSR count). The summed E-state index contributed by atoms with van der Waals surface area (Å²) >= 11 is 0. The van der Waals surface area contributed by atoms with Gasteiger partial charge in [0.15, 0.2) is 0 Å². The lowest BCUT2D eigenvalue weighted by Crippen LogP contribution is -2.50. The van der Waals surface area contributed by atoms with E-state index in [1.54, 1.807) is 19.2 Å². The van der Waals surface area contributed by atoms with E-state index < -0.39 is 6.03 Å². The van der Waals surface area contributed by atoms with Crippen LogP contribution in [0.4, 0.5) is 16.2 Å². The maximum absolute atomic E-state index is 10.6. The number of primary amides is 1. The van der Waals surface area contributed by atoms with Crippen molar-refractivity contribution >= 4 is 17.4 Å². The minimum Gasteiger partial charge on any atom is -0.497 e. The first kappa shape index (κ1) is 33.7. The van der Waals surface area contributed by atoms with E-state index in [0.717, 1.165) is 36.2 Å². The average Bonchev–Trinajstić information content (AvgIpc) is 2.97. The summed E-state index contributed by atoms with van der Waals surface area (Å²) in [6.07, 6.45) is 15.3. The highest BCUT2D eigenvalue weighted by Gasteiger charge is 2.26. The molecule has 0 aromatic heterocycles. The number of carbonyl (C=O) groups excluding carboxylic acids is 1. The molecule has 2 aromatic carbocycles. The van der Waals surface area contributed by atoms with E-state index in [4.69, 9.17) is 15.2 Å². The number of nitrogens with one attached hydrogen (secondary N) is 1. The van der Waals surface area contributed by atoms with Crippen molar-refractivity contribution in [3.8, 4) is 24.3 Å². The molecule has 0 bridgehead atoms. The van der Waals surface area contributed by atoms with Gasteiger partial charge in [-0.15, -0.1) is 12.8 Å². The Kier molecular flexibility index (Phi) is 16.2. The monoisotopic (exact) mass is 538 g/mol. The van der Waals surface area contributed by atoms with Crippen molar-refractivity contribution < 1.29 is 14.3 Å². The van der Waals surface area contributed by atoms with Crippen molar-refractivity contribution in [1.29, 1.82) is 0 Å². The maximum Gasteiger partial charge on any atom is 0.316 e. The first-order valence-corrected chi connectivity index (χ1v) is 14.2. The molecule has 1 saturated carbocycles. The third kappa shape index (κ3) is 11.5. The van der Waals surface area contributed by atoms with Gasteiger partial charge in [0.1, 0.15) is 11.5 Å². The summed E-state index contributed by atoms with van der Waals surface area (Å²) in [4.78, 5) is 15.8. The number of terminal acetylenes is 1. The van der Waals surface area contributed by atoms with Crippen LogP contribution >= 0.6 is 0 Å². The van der Waals surface area contributed by atoms with Gasteiger partial charge in [0.2, 0.25) is 0 Å². The van der Waals surface area contributed by atoms with Crippen LogP contribution in [0.2, 0.25) is 0 Å². The number of amides is 2. The number of urea groups is 1. The van der Waals surface area contributed by atoms with Crippen molar-refractivity contribution in [2.75, 3.05) is 43.5 Å². The second-order valence-electron chi connectivity index (χ2n) is 9.62. The minimum absolute atomic E-state index is 0.227. The normalized spacial score (nSPS) is 15.4. The summed E-state index contributed by atoms with van der Waals surface area (Å²) in [7, 11) is 1.59. The van der Waals surface area contributed by atoms with Gasteiger partial charge in [-0.2, -0.15) is 0 Å². The summed E-state index contributed by atoms with van der Waals surface area (Å²) in [6, 6.07) is 14.1. The summed E-state index contributed by atoms with van der Waals surface area (Å²) in [6.45, 7) is 14.7. The van der Waals surface area contributed by atoms with Crippen LogP contribution in [0.1, 0.15) is 65.4 Å². The minimum atomic E-state index is -0.562. The molecule has 0 spiro atoms. The van der Waals surface area contributed by atoms with Crippen molar-refractivity contribution in [2.45, 2.75) is 78.9 Å². The summed E-state index contributed by atoms with van der Waals surface area (Å²) < 4.78 is 11.0. The highest BCUT2D eigenvalue weighted by molar-refractivity contribution is 5.88. The number of para-hydroxylation sites is 2. The fourth-order valence-corrected chi connectivity index (χ4v) is 4.88. The molecule has 1 aliphatic carbocycles. The second-order valence-corrected chi connectivity index (χ2v) is 9.62. The van der Waals surface area contributed by atoms with Crippen LogP contribution in [0.25, 0.3) is 0 Å². The Bertz CT molecular complexity index is 978. The van der Waals surface area contributed by atoms with Crippen molar-refractivity contribution in [3.05, 3.63) is 48.0 Å². The highest BCUT2D eigenvalue weighted by Crippen LogP contribution is 2.31. The zero-order valence-electron chi connectivity index (χ0n) is 24.9. The lowest BCUT2D eigenvalue weighted by Gasteiger charge is -2.41. The molecule has 0 unspecified atom stereocenters. The highest BCUT2D eigenvalue weighted by atomic mass is 16.5. The first-order valence-electron chi connectivity index (χ1n) is 14.2. The molecule has 2 fully saturated rings. The second kappa shape index (κ2) is 18.8. The van der Waals surface area contributed by atoms with Crippen molar-refractivity contribution in [3.63, 3.8) is 0 Å². The Morgan fingerprint density at radius 1 is 1.00 bits per heavy atom. The molecule has 7 heteroatoms. The number of nitrogens with zero attached hydrogens (tertiary/aromatic N) is 2. The SMILES string of the molecule is C#C.CC.CC(C)Oc1ccccc1N1CCN(C2CCCCC2)CC1.COc1ccc(NC(N)=O)c(C)c1. The van der Waals surface area contributed by atoms with Gasteiger partial charge >= 0.3 is 6.03 Å². The van der Waals surface area contributed by atoms with Crippen LogP contribution in [-0.2, 0) is 0 Å². The number of hydrogen-bond donors (Lipinski definition) is 2. The van der Waals surface area contributed by atoms with Crippen LogP contribution in [-0.4, -0.2) is 56.4 Å². The van der Waals surface area contributed by atoms with E-state index in [2.05, 4.69) is 66.1 Å². The first-order chi connectivity index (χ1) is 18.9. The standard InChI is InChI=1S/C19H30N2O.C9H12N2O2.C2H6.C2H2/c1-16(2)22-19-11-7-6-10-18(19)21-14-12-20(13-15-21)17-8-4-3-5-9-17;1-6-5-7(13-2)3-4-8(6)11-9(10)12;2*1-2/h6-7,10-11,16-17H,3-5,8-9,12-15H2,1-2H3;3-5H,1-2H3,(H3,10,11,12);1-2H3;1-2H. The van der Waals surface area contributed by atoms with E-state index in [-0.39, 0.29) is 6.10 Å². The molecule has 1 aliphatic heterocycles. The molecular formula is C32H50N4O3. The molecule has 1 heterocycles. The quantitative estimate of drug-likeness (QED) is 0.400. The number of ether oxygens (including phenoxy) is 2. The van der Waals surface area contributed by atoms with Crippen molar-refractivity contribution in [1.82, 2.24) is 4.90 Å². The van der Waals surface area contributed by atoms with Gasteiger partial charge in [-0.1, -0.05) is 45.2 Å². The molecule has 0 atom stereocenters. The van der Waals surface area contributed by atoms with Gasteiger partial charge in [0, 0.05) is 37.9 Å². The van der Waals surface area contributed by atoms with Crippen LogP contribution in [0.5, 0.6) is 11.5 Å². The fourth-order valence-electron chi connectivity index (χ4n) is 4.88. The zero-order chi connectivity index (χ0) is 29.2. The molecule has 2 aromatic rings. The lowest BCUT2D eigenvalue weighted by atomic mass is 9.94. The summed E-state index contributed by atoms with van der Waals surface area (Å²) in [5.41, 5.74) is 7.86. The average molecular weight is 539 g/mol. The van der Waals surface area contributed by atoms with Gasteiger partial charge < -0.3 is 25.4 Å². The van der Waals surface area contributed by atoms with Crippen molar-refractivity contribution in [2.24, 2.45) is 5.73 Å². The number of rotatable bonds is 6. The molecule has 0 radical (unpaired) electrons. The molecule has 3 N–H and O–H groups in total. The molecule has 1 saturated heterocycles. The topological polar surface area (TPSA) is 80.1 Å². The van der Waals surface area contributed by atoms with Gasteiger partial charge in [0.25, 0.3) is 0 Å². The third-order valence-electron chi connectivity index (χ3n) is 6.67. The number of nitrogens with two attached hydrogens (primary N) is 1. The maximum atomic E-state index is 10.6. The van der Waals surface area contributed by atoms with E-state index >= 15 is 0 Å². The van der Waals surface area contributed by atoms with E-state index in [0.29, 0.717) is 5.69 Å². The van der Waals surface area contributed by atoms with Crippen LogP contribution in [0.3, 0.4) is 0 Å². The number of anilines is 2. The summed E-state index contributed by atoms with van der Waals surface area (Å²) in [5.74, 6) is 1.79. The van der Waals surface area contributed by atoms with Gasteiger partial charge in [-0.3, -0.25) is 4.90 Å². The van der Waals surface area contributed by atoms with E-state index in [1.807, 2.05) is 26.8 Å². The Hall–Kier alpha value is -3.37. The smallest absolute Gasteiger partial charge is 0.316 e.